The Hall–Kier alpha value is -1.85. The van der Waals surface area contributed by atoms with E-state index in [0.717, 1.165) is 16.0 Å². The van der Waals surface area contributed by atoms with Crippen molar-refractivity contribution in [2.45, 2.75) is 13.3 Å². The summed E-state index contributed by atoms with van der Waals surface area (Å²) in [6.45, 7) is 1.95. The van der Waals surface area contributed by atoms with Crippen LogP contribution in [0.25, 0.3) is 10.8 Å². The van der Waals surface area contributed by atoms with E-state index in [1.807, 2.05) is 36.6 Å². The molecule has 0 saturated heterocycles. The Morgan fingerprint density at radius 2 is 2.15 bits per heavy atom. The molecule has 0 fully saturated rings. The lowest BCUT2D eigenvalue weighted by Crippen LogP contribution is -1.92. The second kappa shape index (κ2) is 5.26. The van der Waals surface area contributed by atoms with Gasteiger partial charge in [0.2, 0.25) is 0 Å². The minimum absolute atomic E-state index is 0.461. The molecular formula is C14H12ClN3OS. The third-order valence-corrected chi connectivity index (χ3v) is 4.46. The van der Waals surface area contributed by atoms with Crippen molar-refractivity contribution in [1.29, 1.82) is 0 Å². The first-order valence-electron chi connectivity index (χ1n) is 6.05. The van der Waals surface area contributed by atoms with Crippen LogP contribution in [0.5, 0.6) is 0 Å². The summed E-state index contributed by atoms with van der Waals surface area (Å²) < 4.78 is 5.28. The van der Waals surface area contributed by atoms with Crippen molar-refractivity contribution in [3.05, 3.63) is 51.6 Å². The van der Waals surface area contributed by atoms with Gasteiger partial charge in [-0.1, -0.05) is 35.0 Å². The molecule has 3 aromatic rings. The number of hydrogen-bond acceptors (Lipinski definition) is 5. The highest BCUT2D eigenvalue weighted by atomic mass is 35.5. The van der Waals surface area contributed by atoms with E-state index >= 15 is 0 Å². The minimum Gasteiger partial charge on any atom is -0.397 e. The number of aryl methyl sites for hydroxylation is 1. The molecule has 3 rings (SSSR count). The Labute approximate surface area is 125 Å². The Morgan fingerprint density at radius 1 is 1.35 bits per heavy atom. The van der Waals surface area contributed by atoms with E-state index in [0.29, 0.717) is 28.8 Å². The third kappa shape index (κ3) is 2.42. The number of nitrogen functional groups attached to an aromatic ring is 1. The number of benzene rings is 1. The molecule has 2 aromatic heterocycles. The summed E-state index contributed by atoms with van der Waals surface area (Å²) >= 11 is 7.63. The first kappa shape index (κ1) is 13.1. The van der Waals surface area contributed by atoms with Gasteiger partial charge in [-0.05, 0) is 29.5 Å². The predicted molar refractivity (Wildman–Crippen MR) is 81.0 cm³/mol. The quantitative estimate of drug-likeness (QED) is 0.796. The number of aromatic nitrogens is 2. The number of nitrogens with two attached hydrogens (primary N) is 1. The van der Waals surface area contributed by atoms with Gasteiger partial charge in [0.25, 0.3) is 5.89 Å². The number of anilines is 1. The van der Waals surface area contributed by atoms with Crippen molar-refractivity contribution in [2.24, 2.45) is 0 Å². The van der Waals surface area contributed by atoms with Gasteiger partial charge in [-0.25, -0.2) is 0 Å². The predicted octanol–water partition coefficient (Wildman–Crippen LogP) is 3.93. The van der Waals surface area contributed by atoms with Gasteiger partial charge in [-0.3, -0.25) is 0 Å². The van der Waals surface area contributed by atoms with E-state index in [9.17, 15) is 0 Å². The van der Waals surface area contributed by atoms with E-state index in [1.54, 1.807) is 0 Å². The minimum atomic E-state index is 0.461. The monoisotopic (exact) mass is 305 g/mol. The number of thiophene rings is 1. The van der Waals surface area contributed by atoms with Crippen LogP contribution in [-0.4, -0.2) is 10.1 Å². The van der Waals surface area contributed by atoms with Gasteiger partial charge in [-0.15, -0.1) is 11.3 Å². The Kier molecular flexibility index (Phi) is 3.46. The third-order valence-electron chi connectivity index (χ3n) is 2.99. The largest absolute Gasteiger partial charge is 0.397 e. The molecule has 0 aliphatic carbocycles. The van der Waals surface area contributed by atoms with Crippen molar-refractivity contribution in [3.8, 4) is 10.8 Å². The van der Waals surface area contributed by atoms with Crippen LogP contribution in [0.15, 0.2) is 34.2 Å². The van der Waals surface area contributed by atoms with Crippen molar-refractivity contribution in [3.63, 3.8) is 0 Å². The van der Waals surface area contributed by atoms with E-state index in [-0.39, 0.29) is 0 Å². The first-order chi connectivity index (χ1) is 9.65. The average Bonchev–Trinajstić information content (AvgIpc) is 3.01. The Bertz CT molecular complexity index is 750. The second-order valence-electron chi connectivity index (χ2n) is 4.45. The molecule has 0 aliphatic heterocycles. The molecule has 6 heteroatoms. The Balaban J connectivity index is 1.88. The molecule has 1 aromatic carbocycles. The van der Waals surface area contributed by atoms with Crippen LogP contribution >= 0.6 is 22.9 Å². The highest BCUT2D eigenvalue weighted by Gasteiger charge is 2.15. The molecule has 0 aliphatic rings. The van der Waals surface area contributed by atoms with E-state index < -0.39 is 0 Å². The van der Waals surface area contributed by atoms with Gasteiger partial charge < -0.3 is 10.3 Å². The Morgan fingerprint density at radius 3 is 2.85 bits per heavy atom. The fraction of sp³-hybridized carbons (Fsp3) is 0.143. The van der Waals surface area contributed by atoms with Gasteiger partial charge >= 0.3 is 0 Å². The van der Waals surface area contributed by atoms with E-state index in [1.165, 1.54) is 11.3 Å². The zero-order valence-corrected chi connectivity index (χ0v) is 12.3. The maximum atomic E-state index is 6.12. The zero-order chi connectivity index (χ0) is 14.1. The fourth-order valence-electron chi connectivity index (χ4n) is 1.85. The highest BCUT2D eigenvalue weighted by Crippen LogP contribution is 2.33. The lowest BCUT2D eigenvalue weighted by atomic mass is 10.1. The summed E-state index contributed by atoms with van der Waals surface area (Å²) in [4.78, 5) is 5.20. The standard InChI is InChI=1S/C14H12ClN3OS/c1-8-7-20-13(12(8)16)14-17-11(18-19-14)6-9-4-2-3-5-10(9)15/h2-5,7H,6,16H2,1H3. The van der Waals surface area contributed by atoms with Crippen molar-refractivity contribution in [1.82, 2.24) is 10.1 Å². The van der Waals surface area contributed by atoms with Crippen molar-refractivity contribution in [2.75, 3.05) is 5.73 Å². The molecule has 2 N–H and O–H groups in total. The molecule has 0 radical (unpaired) electrons. The number of rotatable bonds is 3. The second-order valence-corrected chi connectivity index (χ2v) is 5.73. The van der Waals surface area contributed by atoms with Gasteiger partial charge in [0.05, 0.1) is 5.69 Å². The maximum absolute atomic E-state index is 6.12. The SMILES string of the molecule is Cc1csc(-c2nc(Cc3ccccc3Cl)no2)c1N. The fourth-order valence-corrected chi connectivity index (χ4v) is 2.94. The molecule has 4 nitrogen and oxygen atoms in total. The summed E-state index contributed by atoms with van der Waals surface area (Å²) in [7, 11) is 0. The summed E-state index contributed by atoms with van der Waals surface area (Å²) in [6, 6.07) is 7.62. The smallest absolute Gasteiger partial charge is 0.270 e. The van der Waals surface area contributed by atoms with Crippen LogP contribution in [0, 0.1) is 6.92 Å². The number of nitrogens with zero attached hydrogens (tertiary/aromatic N) is 2. The molecule has 20 heavy (non-hydrogen) atoms. The molecule has 0 atom stereocenters. The molecule has 0 unspecified atom stereocenters. The van der Waals surface area contributed by atoms with Crippen LogP contribution in [-0.2, 0) is 6.42 Å². The highest BCUT2D eigenvalue weighted by molar-refractivity contribution is 7.14. The average molecular weight is 306 g/mol. The summed E-state index contributed by atoms with van der Waals surface area (Å²) in [5.74, 6) is 1.06. The normalized spacial score (nSPS) is 10.9. The topological polar surface area (TPSA) is 64.9 Å². The van der Waals surface area contributed by atoms with Crippen LogP contribution < -0.4 is 5.73 Å². The molecule has 102 valence electrons. The molecule has 0 spiro atoms. The molecule has 0 amide bonds. The maximum Gasteiger partial charge on any atom is 0.270 e. The lowest BCUT2D eigenvalue weighted by molar-refractivity contribution is 0.425. The van der Waals surface area contributed by atoms with Gasteiger partial charge in [0, 0.05) is 11.4 Å². The van der Waals surface area contributed by atoms with Gasteiger partial charge in [0.1, 0.15) is 4.88 Å². The van der Waals surface area contributed by atoms with Crippen LogP contribution in [0.3, 0.4) is 0 Å². The van der Waals surface area contributed by atoms with E-state index in [4.69, 9.17) is 21.9 Å². The lowest BCUT2D eigenvalue weighted by Gasteiger charge is -1.98. The molecule has 0 bridgehead atoms. The molecular weight excluding hydrogens is 294 g/mol. The number of halogens is 1. The summed E-state index contributed by atoms with van der Waals surface area (Å²) in [5, 5.41) is 6.66. The zero-order valence-electron chi connectivity index (χ0n) is 10.8. The molecule has 0 saturated carbocycles. The van der Waals surface area contributed by atoms with Crippen LogP contribution in [0.4, 0.5) is 5.69 Å². The van der Waals surface area contributed by atoms with Gasteiger partial charge in [-0.2, -0.15) is 4.98 Å². The van der Waals surface area contributed by atoms with Crippen molar-refractivity contribution < 1.29 is 4.52 Å². The molecule has 2 heterocycles. The van der Waals surface area contributed by atoms with Crippen molar-refractivity contribution >= 4 is 28.6 Å². The first-order valence-corrected chi connectivity index (χ1v) is 7.31. The van der Waals surface area contributed by atoms with Crippen LogP contribution in [0.2, 0.25) is 5.02 Å². The number of hydrogen-bond donors (Lipinski definition) is 1. The summed E-state index contributed by atoms with van der Waals surface area (Å²) in [5.41, 5.74) is 8.67. The van der Waals surface area contributed by atoms with Crippen LogP contribution in [0.1, 0.15) is 17.0 Å². The van der Waals surface area contributed by atoms with E-state index in [2.05, 4.69) is 10.1 Å². The summed E-state index contributed by atoms with van der Waals surface area (Å²) in [6.07, 6.45) is 0.535. The van der Waals surface area contributed by atoms with Gasteiger partial charge in [0.15, 0.2) is 5.82 Å².